The van der Waals surface area contributed by atoms with Crippen LogP contribution >= 0.6 is 11.6 Å². The molecular weight excluding hydrogens is 380 g/mol. The molecule has 1 aliphatic carbocycles. The number of carboxylic acids is 1. The van der Waals surface area contributed by atoms with Crippen LogP contribution < -0.4 is 10.1 Å². The molecule has 3 aromatic rings. The number of halogens is 1. The molecule has 4 rings (SSSR count). The van der Waals surface area contributed by atoms with Crippen LogP contribution in [0.25, 0.3) is 11.0 Å². The molecule has 1 atom stereocenters. The number of benzene rings is 1. The van der Waals surface area contributed by atoms with Crippen molar-refractivity contribution in [2.75, 3.05) is 5.32 Å². The van der Waals surface area contributed by atoms with E-state index in [-0.39, 0.29) is 6.10 Å². The molecule has 0 fully saturated rings. The van der Waals surface area contributed by atoms with Gasteiger partial charge in [0.15, 0.2) is 0 Å². The smallest absolute Gasteiger partial charge is 0.306 e. The van der Waals surface area contributed by atoms with Crippen LogP contribution in [0, 0.1) is 5.92 Å². The van der Waals surface area contributed by atoms with Gasteiger partial charge in [-0.2, -0.15) is 0 Å². The molecule has 2 heterocycles. The topological polar surface area (TPSA) is 100 Å². The minimum Gasteiger partial charge on any atom is -0.489 e. The number of anilines is 2. The largest absolute Gasteiger partial charge is 0.489 e. The number of aliphatic carboxylic acids is 1. The highest BCUT2D eigenvalue weighted by molar-refractivity contribution is 6.31. The molecule has 0 spiro atoms. The number of aromatic amines is 1. The third-order valence-electron chi connectivity index (χ3n) is 4.88. The Kier molecular flexibility index (Phi) is 4.85. The number of aryl methyl sites for hydroxylation is 1. The fourth-order valence-corrected chi connectivity index (χ4v) is 3.80. The SMILES string of the molecule is CC(C)Oc1ccc(Cl)cc1Nc1ncnc2[nH]c3c(c12)CC(C(=O)O)CC3. The second kappa shape index (κ2) is 7.31. The van der Waals surface area contributed by atoms with E-state index in [4.69, 9.17) is 16.3 Å². The first-order chi connectivity index (χ1) is 13.4. The van der Waals surface area contributed by atoms with Gasteiger partial charge in [0.05, 0.1) is 23.1 Å². The molecule has 0 radical (unpaired) electrons. The molecule has 1 aliphatic rings. The summed E-state index contributed by atoms with van der Waals surface area (Å²) in [6, 6.07) is 5.37. The van der Waals surface area contributed by atoms with Gasteiger partial charge in [0, 0.05) is 10.7 Å². The van der Waals surface area contributed by atoms with Gasteiger partial charge in [-0.3, -0.25) is 4.79 Å². The maximum Gasteiger partial charge on any atom is 0.306 e. The first-order valence-corrected chi connectivity index (χ1v) is 9.60. The molecule has 1 aromatic carbocycles. The van der Waals surface area contributed by atoms with Crippen LogP contribution in [0.15, 0.2) is 24.5 Å². The van der Waals surface area contributed by atoms with Gasteiger partial charge >= 0.3 is 5.97 Å². The monoisotopic (exact) mass is 400 g/mol. The van der Waals surface area contributed by atoms with E-state index in [1.807, 2.05) is 19.9 Å². The fourth-order valence-electron chi connectivity index (χ4n) is 3.63. The molecule has 0 saturated carbocycles. The summed E-state index contributed by atoms with van der Waals surface area (Å²) < 4.78 is 5.88. The first kappa shape index (κ1) is 18.6. The Balaban J connectivity index is 1.78. The average Bonchev–Trinajstić information content (AvgIpc) is 3.02. The van der Waals surface area contributed by atoms with Gasteiger partial charge in [-0.15, -0.1) is 0 Å². The van der Waals surface area contributed by atoms with Gasteiger partial charge in [0.25, 0.3) is 0 Å². The van der Waals surface area contributed by atoms with E-state index in [1.165, 1.54) is 6.33 Å². The quantitative estimate of drug-likeness (QED) is 0.589. The molecule has 0 bridgehead atoms. The summed E-state index contributed by atoms with van der Waals surface area (Å²) in [7, 11) is 0. The van der Waals surface area contributed by atoms with Gasteiger partial charge in [-0.05, 0) is 56.9 Å². The zero-order valence-corrected chi connectivity index (χ0v) is 16.4. The third kappa shape index (κ3) is 3.49. The molecule has 2 aromatic heterocycles. The normalized spacial score (nSPS) is 16.2. The lowest BCUT2D eigenvalue weighted by Crippen LogP contribution is -2.21. The van der Waals surface area contributed by atoms with Gasteiger partial charge < -0.3 is 20.1 Å². The summed E-state index contributed by atoms with van der Waals surface area (Å²) in [6.45, 7) is 3.91. The number of H-pyrrole nitrogens is 1. The lowest BCUT2D eigenvalue weighted by Gasteiger charge is -2.19. The number of hydrogen-bond acceptors (Lipinski definition) is 5. The van der Waals surface area contributed by atoms with Crippen LogP contribution in [0.5, 0.6) is 5.75 Å². The van der Waals surface area contributed by atoms with Crippen molar-refractivity contribution >= 4 is 40.1 Å². The van der Waals surface area contributed by atoms with Gasteiger partial charge in [-0.25, -0.2) is 9.97 Å². The molecule has 146 valence electrons. The zero-order valence-electron chi connectivity index (χ0n) is 15.6. The molecule has 8 heteroatoms. The summed E-state index contributed by atoms with van der Waals surface area (Å²) in [5, 5.41) is 14.1. The number of rotatable bonds is 5. The number of fused-ring (bicyclic) bond motifs is 3. The summed E-state index contributed by atoms with van der Waals surface area (Å²) >= 11 is 6.19. The minimum absolute atomic E-state index is 0.00323. The Morgan fingerprint density at radius 1 is 1.39 bits per heavy atom. The summed E-state index contributed by atoms with van der Waals surface area (Å²) in [5.41, 5.74) is 3.38. The lowest BCUT2D eigenvalue weighted by atomic mass is 9.86. The van der Waals surface area contributed by atoms with Crippen LogP contribution in [-0.2, 0) is 17.6 Å². The fraction of sp³-hybridized carbons (Fsp3) is 0.350. The number of ether oxygens (including phenoxy) is 1. The maximum atomic E-state index is 11.5. The van der Waals surface area contributed by atoms with Gasteiger partial charge in [0.2, 0.25) is 0 Å². The molecule has 0 saturated heterocycles. The van der Waals surface area contributed by atoms with Crippen LogP contribution in [0.1, 0.15) is 31.5 Å². The molecule has 7 nitrogen and oxygen atoms in total. The summed E-state index contributed by atoms with van der Waals surface area (Å²) in [6.07, 6.45) is 3.24. The summed E-state index contributed by atoms with van der Waals surface area (Å²) in [4.78, 5) is 23.6. The van der Waals surface area contributed by atoms with Crippen molar-refractivity contribution in [2.45, 2.75) is 39.2 Å². The predicted molar refractivity (Wildman–Crippen MR) is 108 cm³/mol. The first-order valence-electron chi connectivity index (χ1n) is 9.23. The molecule has 3 N–H and O–H groups in total. The summed E-state index contributed by atoms with van der Waals surface area (Å²) in [5.74, 6) is 0.0998. The van der Waals surface area contributed by atoms with Gasteiger partial charge in [0.1, 0.15) is 23.5 Å². The molecule has 0 aliphatic heterocycles. The number of carbonyl (C=O) groups is 1. The van der Waals surface area contributed by atoms with Crippen LogP contribution in [0.4, 0.5) is 11.5 Å². The van der Waals surface area contributed by atoms with E-state index in [2.05, 4.69) is 20.3 Å². The van der Waals surface area contributed by atoms with E-state index in [9.17, 15) is 9.90 Å². The van der Waals surface area contributed by atoms with Crippen molar-refractivity contribution < 1.29 is 14.6 Å². The molecule has 0 amide bonds. The lowest BCUT2D eigenvalue weighted by molar-refractivity contribution is -0.142. The molecule has 1 unspecified atom stereocenters. The highest BCUT2D eigenvalue weighted by atomic mass is 35.5. The predicted octanol–water partition coefficient (Wildman–Crippen LogP) is 4.33. The standard InChI is InChI=1S/C20H21ClN4O3/c1-10(2)28-16-6-4-12(21)8-15(16)25-19-17-13-7-11(20(26)27)3-5-14(13)24-18(17)22-9-23-19/h4,6,8-11H,3,5,7H2,1-2H3,(H,26,27)(H2,22,23,24,25). The van der Waals surface area contributed by atoms with E-state index < -0.39 is 11.9 Å². The highest BCUT2D eigenvalue weighted by Crippen LogP contribution is 2.37. The number of nitrogens with one attached hydrogen (secondary N) is 2. The van der Waals surface area contributed by atoms with E-state index >= 15 is 0 Å². The van der Waals surface area contributed by atoms with E-state index in [1.54, 1.807) is 12.1 Å². The second-order valence-corrected chi connectivity index (χ2v) is 7.67. The zero-order chi connectivity index (χ0) is 19.8. The highest BCUT2D eigenvalue weighted by Gasteiger charge is 2.29. The van der Waals surface area contributed by atoms with Crippen molar-refractivity contribution in [3.05, 3.63) is 40.8 Å². The van der Waals surface area contributed by atoms with E-state index in [0.29, 0.717) is 47.2 Å². The number of aromatic nitrogens is 3. The number of hydrogen-bond donors (Lipinski definition) is 3. The van der Waals surface area contributed by atoms with E-state index in [0.717, 1.165) is 16.6 Å². The average molecular weight is 401 g/mol. The third-order valence-corrected chi connectivity index (χ3v) is 5.12. The maximum absolute atomic E-state index is 11.5. The van der Waals surface area contributed by atoms with Gasteiger partial charge in [-0.1, -0.05) is 11.6 Å². The Morgan fingerprint density at radius 2 is 2.21 bits per heavy atom. The van der Waals surface area contributed by atoms with Crippen molar-refractivity contribution in [2.24, 2.45) is 5.92 Å². The van der Waals surface area contributed by atoms with Crippen molar-refractivity contribution in [3.63, 3.8) is 0 Å². The Labute approximate surface area is 167 Å². The Hall–Kier alpha value is -2.80. The number of nitrogens with zero attached hydrogens (tertiary/aromatic N) is 2. The van der Waals surface area contributed by atoms with Crippen LogP contribution in [0.3, 0.4) is 0 Å². The Bertz CT molecular complexity index is 1050. The van der Waals surface area contributed by atoms with Crippen molar-refractivity contribution in [1.29, 1.82) is 0 Å². The second-order valence-electron chi connectivity index (χ2n) is 7.24. The molecular formula is C20H21ClN4O3. The van der Waals surface area contributed by atoms with Crippen LogP contribution in [-0.4, -0.2) is 32.1 Å². The number of carboxylic acid groups (broad SMARTS) is 1. The van der Waals surface area contributed by atoms with Crippen LogP contribution in [0.2, 0.25) is 5.02 Å². The minimum atomic E-state index is -0.770. The Morgan fingerprint density at radius 3 is 2.96 bits per heavy atom. The van der Waals surface area contributed by atoms with Crippen molar-refractivity contribution in [3.8, 4) is 5.75 Å². The molecule has 28 heavy (non-hydrogen) atoms. The van der Waals surface area contributed by atoms with Crippen molar-refractivity contribution in [1.82, 2.24) is 15.0 Å².